The van der Waals surface area contributed by atoms with Crippen LogP contribution < -0.4 is 0 Å². The fourth-order valence-corrected chi connectivity index (χ4v) is 1.57. The van der Waals surface area contributed by atoms with Crippen molar-refractivity contribution in [3.8, 4) is 0 Å². The number of thioether (sulfide) groups is 1. The van der Waals surface area contributed by atoms with Crippen molar-refractivity contribution >= 4 is 17.9 Å². The van der Waals surface area contributed by atoms with Gasteiger partial charge >= 0.3 is 6.09 Å². The summed E-state index contributed by atoms with van der Waals surface area (Å²) in [5.41, 5.74) is -0.385. The van der Waals surface area contributed by atoms with E-state index in [1.807, 2.05) is 26.5 Å². The summed E-state index contributed by atoms with van der Waals surface area (Å²) in [6.07, 6.45) is -0.219. The fraction of sp³-hybridized carbons (Fsp3) is 0.750. The number of hydrogen-bond donors (Lipinski definition) is 0. The van der Waals surface area contributed by atoms with E-state index in [9.17, 15) is 4.79 Å². The van der Waals surface area contributed by atoms with Crippen LogP contribution in [0, 0.1) is 5.75 Å². The van der Waals surface area contributed by atoms with Crippen LogP contribution >= 0.6 is 11.8 Å². The van der Waals surface area contributed by atoms with Gasteiger partial charge in [-0.1, -0.05) is 0 Å². The Balaban J connectivity index is 2.37. The summed E-state index contributed by atoms with van der Waals surface area (Å²) < 4.78 is 5.18. The number of ether oxygens (including phenoxy) is 1. The number of hydrogen-bond acceptors (Lipinski definition) is 3. The molecule has 0 N–H and O–H groups in total. The van der Waals surface area contributed by atoms with E-state index in [0.717, 1.165) is 5.88 Å². The van der Waals surface area contributed by atoms with Gasteiger partial charge in [0.05, 0.1) is 5.88 Å². The molecule has 1 saturated heterocycles. The highest BCUT2D eigenvalue weighted by atomic mass is 32.2. The van der Waals surface area contributed by atoms with Crippen molar-refractivity contribution in [2.24, 2.45) is 0 Å². The Morgan fingerprint density at radius 1 is 1.58 bits per heavy atom. The standard InChI is InChI=1S/C8H14NO2S/c1-8(2,3)11-7(10)9-4-5-12-6-9/h5H,4,6H2,1-3H3. The number of carbonyl (C=O) groups excluding carboxylic acids is 1. The van der Waals surface area contributed by atoms with E-state index in [1.165, 1.54) is 0 Å². The van der Waals surface area contributed by atoms with Crippen molar-refractivity contribution in [1.29, 1.82) is 0 Å². The molecular weight excluding hydrogens is 174 g/mol. The lowest BCUT2D eigenvalue weighted by Gasteiger charge is -2.23. The van der Waals surface area contributed by atoms with E-state index < -0.39 is 0 Å². The highest BCUT2D eigenvalue weighted by Crippen LogP contribution is 2.20. The summed E-state index contributed by atoms with van der Waals surface area (Å²) in [5, 5.41) is 0. The molecule has 0 spiro atoms. The summed E-state index contributed by atoms with van der Waals surface area (Å²) in [5.74, 6) is 2.72. The van der Waals surface area contributed by atoms with Crippen molar-refractivity contribution in [1.82, 2.24) is 4.90 Å². The second kappa shape index (κ2) is 3.56. The number of nitrogens with zero attached hydrogens (tertiary/aromatic N) is 1. The molecule has 0 bridgehead atoms. The first-order chi connectivity index (χ1) is 5.49. The Morgan fingerprint density at radius 2 is 2.25 bits per heavy atom. The van der Waals surface area contributed by atoms with Gasteiger partial charge in [0.1, 0.15) is 5.60 Å². The van der Waals surface area contributed by atoms with Gasteiger partial charge in [0, 0.05) is 12.3 Å². The Bertz CT molecular complexity index is 170. The zero-order valence-electron chi connectivity index (χ0n) is 7.66. The summed E-state index contributed by atoms with van der Waals surface area (Å²) in [4.78, 5) is 13.0. The molecule has 0 aromatic carbocycles. The maximum atomic E-state index is 11.3. The Labute approximate surface area is 77.4 Å². The smallest absolute Gasteiger partial charge is 0.411 e. The molecular formula is C8H14NO2S. The van der Waals surface area contributed by atoms with Gasteiger partial charge in [0.25, 0.3) is 0 Å². The second-order valence-electron chi connectivity index (χ2n) is 3.67. The average Bonchev–Trinajstić information content (AvgIpc) is 2.32. The molecule has 0 saturated carbocycles. The molecule has 0 unspecified atom stereocenters. The minimum absolute atomic E-state index is 0.219. The van der Waals surface area contributed by atoms with Crippen LogP contribution in [0.3, 0.4) is 0 Å². The minimum Gasteiger partial charge on any atom is -0.444 e. The van der Waals surface area contributed by atoms with Crippen LogP contribution in [0.25, 0.3) is 0 Å². The molecule has 3 nitrogen and oxygen atoms in total. The van der Waals surface area contributed by atoms with E-state index in [0.29, 0.717) is 6.54 Å². The van der Waals surface area contributed by atoms with E-state index in [2.05, 4.69) is 0 Å². The predicted molar refractivity (Wildman–Crippen MR) is 49.7 cm³/mol. The fourth-order valence-electron chi connectivity index (χ4n) is 0.792. The molecule has 1 radical (unpaired) electrons. The summed E-state index contributed by atoms with van der Waals surface area (Å²) in [6.45, 7) is 6.31. The molecule has 69 valence electrons. The first-order valence-corrected chi connectivity index (χ1v) is 4.95. The molecule has 1 amide bonds. The van der Waals surface area contributed by atoms with Gasteiger partial charge in [-0.05, 0) is 20.8 Å². The maximum Gasteiger partial charge on any atom is 0.411 e. The van der Waals surface area contributed by atoms with Gasteiger partial charge in [0.2, 0.25) is 0 Å². The quantitative estimate of drug-likeness (QED) is 0.583. The lowest BCUT2D eigenvalue weighted by atomic mass is 10.2. The third-order valence-electron chi connectivity index (χ3n) is 1.29. The summed E-state index contributed by atoms with van der Waals surface area (Å²) >= 11 is 1.64. The van der Waals surface area contributed by atoms with Gasteiger partial charge in [-0.15, -0.1) is 11.8 Å². The van der Waals surface area contributed by atoms with Crippen LogP contribution in [-0.4, -0.2) is 29.0 Å². The Kier molecular flexibility index (Phi) is 2.88. The Morgan fingerprint density at radius 3 is 2.67 bits per heavy atom. The highest BCUT2D eigenvalue weighted by Gasteiger charge is 2.24. The predicted octanol–water partition coefficient (Wildman–Crippen LogP) is 2.09. The molecule has 4 heteroatoms. The first-order valence-electron chi connectivity index (χ1n) is 3.90. The van der Waals surface area contributed by atoms with Crippen molar-refractivity contribution < 1.29 is 9.53 Å². The third kappa shape index (κ3) is 2.93. The van der Waals surface area contributed by atoms with Crippen LogP contribution in [0.2, 0.25) is 0 Å². The largest absolute Gasteiger partial charge is 0.444 e. The normalized spacial score (nSPS) is 18.1. The van der Waals surface area contributed by atoms with E-state index in [1.54, 1.807) is 16.7 Å². The molecule has 0 atom stereocenters. The van der Waals surface area contributed by atoms with Crippen LogP contribution in [0.1, 0.15) is 20.8 Å². The van der Waals surface area contributed by atoms with Crippen molar-refractivity contribution in [2.75, 3.05) is 12.4 Å². The van der Waals surface area contributed by atoms with Crippen LogP contribution in [-0.2, 0) is 4.74 Å². The maximum absolute atomic E-state index is 11.3. The van der Waals surface area contributed by atoms with Crippen molar-refractivity contribution in [3.05, 3.63) is 5.75 Å². The van der Waals surface area contributed by atoms with Crippen LogP contribution in [0.4, 0.5) is 4.79 Å². The SMILES string of the molecule is CC(C)(C)OC(=O)N1C[CH]SC1. The summed E-state index contributed by atoms with van der Waals surface area (Å²) in [7, 11) is 0. The molecule has 12 heavy (non-hydrogen) atoms. The zero-order valence-corrected chi connectivity index (χ0v) is 8.48. The Hall–Kier alpha value is -0.380. The lowest BCUT2D eigenvalue weighted by Crippen LogP contribution is -2.34. The van der Waals surface area contributed by atoms with Gasteiger partial charge in [-0.25, -0.2) is 4.79 Å². The van der Waals surface area contributed by atoms with Crippen molar-refractivity contribution in [3.63, 3.8) is 0 Å². The van der Waals surface area contributed by atoms with Crippen LogP contribution in [0.5, 0.6) is 0 Å². The molecule has 1 aliphatic heterocycles. The lowest BCUT2D eigenvalue weighted by molar-refractivity contribution is 0.0312. The molecule has 1 rings (SSSR count). The molecule has 0 aromatic rings. The van der Waals surface area contributed by atoms with Gasteiger partial charge in [-0.2, -0.15) is 0 Å². The number of rotatable bonds is 0. The molecule has 1 heterocycles. The highest BCUT2D eigenvalue weighted by molar-refractivity contribution is 8.01. The first kappa shape index (κ1) is 9.71. The number of carbonyl (C=O) groups is 1. The number of amides is 1. The molecule has 1 aliphatic rings. The van der Waals surface area contributed by atoms with Gasteiger partial charge in [0.15, 0.2) is 0 Å². The van der Waals surface area contributed by atoms with E-state index in [-0.39, 0.29) is 11.7 Å². The average molecular weight is 188 g/mol. The topological polar surface area (TPSA) is 29.5 Å². The third-order valence-corrected chi connectivity index (χ3v) is 2.14. The van der Waals surface area contributed by atoms with Gasteiger partial charge < -0.3 is 4.74 Å². The zero-order chi connectivity index (χ0) is 9.19. The summed E-state index contributed by atoms with van der Waals surface area (Å²) in [6, 6.07) is 0. The minimum atomic E-state index is -0.385. The van der Waals surface area contributed by atoms with E-state index >= 15 is 0 Å². The van der Waals surface area contributed by atoms with E-state index in [4.69, 9.17) is 4.74 Å². The molecule has 0 aromatic heterocycles. The van der Waals surface area contributed by atoms with Crippen molar-refractivity contribution in [2.45, 2.75) is 26.4 Å². The monoisotopic (exact) mass is 188 g/mol. The second-order valence-corrected chi connectivity index (χ2v) is 4.59. The molecule has 0 aliphatic carbocycles. The van der Waals surface area contributed by atoms with Gasteiger partial charge in [-0.3, -0.25) is 4.90 Å². The van der Waals surface area contributed by atoms with Crippen LogP contribution in [0.15, 0.2) is 0 Å². The molecule has 1 fully saturated rings.